The molecule has 0 aliphatic carbocycles. The molecule has 0 aromatic carbocycles. The van der Waals surface area contributed by atoms with Gasteiger partial charge in [-0.3, -0.25) is 9.79 Å². The van der Waals surface area contributed by atoms with Crippen LogP contribution in [0.5, 0.6) is 0 Å². The first-order valence-corrected chi connectivity index (χ1v) is 5.61. The number of rotatable bonds is 4. The first kappa shape index (κ1) is 14.4. The molecular weight excluding hydrogens is 238 g/mol. The number of carbonyl (C=O) groups is 2. The van der Waals surface area contributed by atoms with Crippen molar-refractivity contribution in [2.24, 2.45) is 4.99 Å². The Morgan fingerprint density at radius 3 is 2.50 bits per heavy atom. The maximum atomic E-state index is 11.7. The first-order valence-electron chi connectivity index (χ1n) is 5.61. The van der Waals surface area contributed by atoms with Crippen molar-refractivity contribution in [1.29, 1.82) is 0 Å². The summed E-state index contributed by atoms with van der Waals surface area (Å²) in [6.45, 7) is 5.90. The molecule has 6 heteroatoms. The van der Waals surface area contributed by atoms with E-state index in [1.54, 1.807) is 6.92 Å². The standard InChI is InChI=1S/C12H17NO5/c1-5-18-11(17)8-6(2)13-12(4,10(8)16)9(15)7(3)14/h9,15-16H,5H2,1-4H3. The summed E-state index contributed by atoms with van der Waals surface area (Å²) < 4.78 is 4.80. The summed E-state index contributed by atoms with van der Waals surface area (Å²) in [4.78, 5) is 26.9. The monoisotopic (exact) mass is 255 g/mol. The summed E-state index contributed by atoms with van der Waals surface area (Å²) in [5.74, 6) is -1.68. The van der Waals surface area contributed by atoms with Crippen LogP contribution in [0.15, 0.2) is 16.3 Å². The second-order valence-corrected chi connectivity index (χ2v) is 4.30. The van der Waals surface area contributed by atoms with E-state index in [9.17, 15) is 19.8 Å². The van der Waals surface area contributed by atoms with Crippen LogP contribution in [0.25, 0.3) is 0 Å². The molecule has 100 valence electrons. The van der Waals surface area contributed by atoms with Crippen LogP contribution in [0.4, 0.5) is 0 Å². The van der Waals surface area contributed by atoms with Crippen molar-refractivity contribution in [3.8, 4) is 0 Å². The number of Topliss-reactive ketones (excluding diaryl/α,β-unsaturated/α-hetero) is 1. The molecule has 18 heavy (non-hydrogen) atoms. The topological polar surface area (TPSA) is 96.2 Å². The van der Waals surface area contributed by atoms with Crippen molar-refractivity contribution in [3.63, 3.8) is 0 Å². The molecule has 1 aliphatic rings. The van der Waals surface area contributed by atoms with Gasteiger partial charge in [-0.1, -0.05) is 0 Å². The van der Waals surface area contributed by atoms with Crippen molar-refractivity contribution >= 4 is 17.5 Å². The number of nitrogens with zero attached hydrogens (tertiary/aromatic N) is 1. The molecule has 1 aliphatic heterocycles. The number of aliphatic hydroxyl groups excluding tert-OH is 2. The van der Waals surface area contributed by atoms with Gasteiger partial charge in [0.15, 0.2) is 5.78 Å². The number of aliphatic hydroxyl groups is 2. The molecule has 2 N–H and O–H groups in total. The molecule has 0 amide bonds. The minimum absolute atomic E-state index is 0.0837. The quantitative estimate of drug-likeness (QED) is 0.715. The molecule has 0 aromatic rings. The zero-order chi connectivity index (χ0) is 14.1. The van der Waals surface area contributed by atoms with Gasteiger partial charge in [0.1, 0.15) is 23.0 Å². The molecule has 0 aromatic heterocycles. The third kappa shape index (κ3) is 2.15. The fourth-order valence-corrected chi connectivity index (χ4v) is 1.92. The Bertz CT molecular complexity index is 451. The van der Waals surface area contributed by atoms with Crippen LogP contribution in [0, 0.1) is 0 Å². The van der Waals surface area contributed by atoms with Crippen molar-refractivity contribution in [2.45, 2.75) is 39.3 Å². The number of hydrogen-bond acceptors (Lipinski definition) is 6. The molecule has 1 rings (SSSR count). The van der Waals surface area contributed by atoms with E-state index in [0.717, 1.165) is 0 Å². The molecule has 0 saturated heterocycles. The van der Waals surface area contributed by atoms with Gasteiger partial charge in [-0.2, -0.15) is 0 Å². The van der Waals surface area contributed by atoms with Crippen LogP contribution in [-0.4, -0.2) is 45.9 Å². The molecule has 0 fully saturated rings. The Morgan fingerprint density at radius 1 is 1.50 bits per heavy atom. The molecule has 0 spiro atoms. The normalized spacial score (nSPS) is 24.8. The predicted molar refractivity (Wildman–Crippen MR) is 64.5 cm³/mol. The van der Waals surface area contributed by atoms with Gasteiger partial charge in [-0.25, -0.2) is 4.79 Å². The Hall–Kier alpha value is -1.69. The molecule has 6 nitrogen and oxygen atoms in total. The van der Waals surface area contributed by atoms with Crippen molar-refractivity contribution in [2.75, 3.05) is 6.61 Å². The minimum Gasteiger partial charge on any atom is -0.509 e. The summed E-state index contributed by atoms with van der Waals surface area (Å²) in [5.41, 5.74) is -1.36. The highest BCUT2D eigenvalue weighted by atomic mass is 16.5. The van der Waals surface area contributed by atoms with Gasteiger partial charge in [-0.15, -0.1) is 0 Å². The third-order valence-corrected chi connectivity index (χ3v) is 2.88. The van der Waals surface area contributed by atoms with Gasteiger partial charge in [-0.05, 0) is 27.7 Å². The van der Waals surface area contributed by atoms with E-state index < -0.39 is 29.2 Å². The smallest absolute Gasteiger partial charge is 0.343 e. The van der Waals surface area contributed by atoms with Gasteiger partial charge in [0.05, 0.1) is 12.3 Å². The molecule has 0 bridgehead atoms. The zero-order valence-corrected chi connectivity index (χ0v) is 10.9. The SMILES string of the molecule is CCOC(=O)C1=C(O)C(C)(C(O)C(C)=O)N=C1C. The van der Waals surface area contributed by atoms with Crippen LogP contribution >= 0.6 is 0 Å². The third-order valence-electron chi connectivity index (χ3n) is 2.88. The molecule has 2 unspecified atom stereocenters. The highest BCUT2D eigenvalue weighted by Crippen LogP contribution is 2.34. The van der Waals surface area contributed by atoms with E-state index in [0.29, 0.717) is 0 Å². The number of aliphatic imine (C=N–C) groups is 1. The van der Waals surface area contributed by atoms with Crippen LogP contribution in [0.3, 0.4) is 0 Å². The second-order valence-electron chi connectivity index (χ2n) is 4.30. The number of esters is 1. The number of ether oxygens (including phenoxy) is 1. The lowest BCUT2D eigenvalue weighted by molar-refractivity contribution is -0.138. The van der Waals surface area contributed by atoms with E-state index in [1.165, 1.54) is 20.8 Å². The lowest BCUT2D eigenvalue weighted by Crippen LogP contribution is -2.43. The fraction of sp³-hybridized carbons (Fsp3) is 0.583. The summed E-state index contributed by atoms with van der Waals surface area (Å²) in [6.07, 6.45) is -1.50. The van der Waals surface area contributed by atoms with Gasteiger partial charge in [0.2, 0.25) is 0 Å². The number of hydrogen-bond donors (Lipinski definition) is 2. The maximum absolute atomic E-state index is 11.7. The zero-order valence-electron chi connectivity index (χ0n) is 10.9. The van der Waals surface area contributed by atoms with E-state index >= 15 is 0 Å². The van der Waals surface area contributed by atoms with Crippen LogP contribution < -0.4 is 0 Å². The summed E-state index contributed by atoms with van der Waals surface area (Å²) >= 11 is 0. The van der Waals surface area contributed by atoms with Gasteiger partial charge < -0.3 is 14.9 Å². The predicted octanol–water partition coefficient (Wildman–Crippen LogP) is 0.545. The van der Waals surface area contributed by atoms with E-state index in [2.05, 4.69) is 4.99 Å². The number of carbonyl (C=O) groups excluding carboxylic acids is 2. The minimum atomic E-state index is -1.52. The second kappa shape index (κ2) is 4.89. The summed E-state index contributed by atoms with van der Waals surface area (Å²) in [5, 5.41) is 19.8. The highest BCUT2D eigenvalue weighted by Gasteiger charge is 2.47. The van der Waals surface area contributed by atoms with E-state index in [1.807, 2.05) is 0 Å². The largest absolute Gasteiger partial charge is 0.509 e. The average molecular weight is 255 g/mol. The van der Waals surface area contributed by atoms with Crippen molar-refractivity contribution < 1.29 is 24.5 Å². The Kier molecular flexibility index (Phi) is 3.91. The molecule has 2 atom stereocenters. The Labute approximate surface area is 105 Å². The van der Waals surface area contributed by atoms with Gasteiger partial charge in [0.25, 0.3) is 0 Å². The van der Waals surface area contributed by atoms with Crippen LogP contribution in [0.1, 0.15) is 27.7 Å². The van der Waals surface area contributed by atoms with E-state index in [-0.39, 0.29) is 17.9 Å². The fourth-order valence-electron chi connectivity index (χ4n) is 1.92. The number of ketones is 1. The lowest BCUT2D eigenvalue weighted by atomic mass is 9.90. The maximum Gasteiger partial charge on any atom is 0.343 e. The molecular formula is C12H17NO5. The van der Waals surface area contributed by atoms with Crippen molar-refractivity contribution in [1.82, 2.24) is 0 Å². The van der Waals surface area contributed by atoms with Crippen molar-refractivity contribution in [3.05, 3.63) is 11.3 Å². The molecule has 0 saturated carbocycles. The van der Waals surface area contributed by atoms with Crippen LogP contribution in [-0.2, 0) is 14.3 Å². The van der Waals surface area contributed by atoms with E-state index in [4.69, 9.17) is 4.74 Å². The summed E-state index contributed by atoms with van der Waals surface area (Å²) in [7, 11) is 0. The first-order chi connectivity index (χ1) is 8.25. The molecule has 1 heterocycles. The Morgan fingerprint density at radius 2 is 2.06 bits per heavy atom. The average Bonchev–Trinajstić information content (AvgIpc) is 2.50. The lowest BCUT2D eigenvalue weighted by Gasteiger charge is -2.25. The van der Waals surface area contributed by atoms with Gasteiger partial charge >= 0.3 is 5.97 Å². The van der Waals surface area contributed by atoms with Gasteiger partial charge in [0, 0.05) is 0 Å². The Balaban J connectivity index is 3.22. The van der Waals surface area contributed by atoms with Crippen LogP contribution in [0.2, 0.25) is 0 Å². The molecule has 0 radical (unpaired) electrons. The summed E-state index contributed by atoms with van der Waals surface area (Å²) in [6, 6.07) is 0. The highest BCUT2D eigenvalue weighted by molar-refractivity contribution is 6.21.